The summed E-state index contributed by atoms with van der Waals surface area (Å²) < 4.78 is 6.31. The van der Waals surface area contributed by atoms with Crippen molar-refractivity contribution in [3.8, 4) is 5.75 Å². The second kappa shape index (κ2) is 5.99. The Balaban J connectivity index is 2.60. The number of methoxy groups -OCH3 is 1. The number of halogens is 2. The zero-order chi connectivity index (χ0) is 15.8. The van der Waals surface area contributed by atoms with E-state index in [0.29, 0.717) is 5.02 Å². The van der Waals surface area contributed by atoms with Crippen LogP contribution in [0.2, 0.25) is 5.02 Å². The fraction of sp³-hybridized carbons (Fsp3) is 0.294. The van der Waals surface area contributed by atoms with E-state index in [1.807, 2.05) is 45.0 Å². The van der Waals surface area contributed by atoms with Gasteiger partial charge in [0, 0.05) is 9.50 Å². The summed E-state index contributed by atoms with van der Waals surface area (Å²) in [5.74, 6) is 0.869. The maximum atomic E-state index is 6.63. The molecule has 0 bridgehead atoms. The van der Waals surface area contributed by atoms with Gasteiger partial charge in [-0.25, -0.2) is 0 Å². The number of hydrogen-bond donors (Lipinski definition) is 1. The lowest BCUT2D eigenvalue weighted by Crippen LogP contribution is -2.35. The van der Waals surface area contributed by atoms with Crippen molar-refractivity contribution in [2.45, 2.75) is 26.3 Å². The molecule has 2 rings (SSSR count). The van der Waals surface area contributed by atoms with Gasteiger partial charge in [0.05, 0.1) is 12.6 Å². The van der Waals surface area contributed by atoms with Crippen LogP contribution in [0.25, 0.3) is 0 Å². The van der Waals surface area contributed by atoms with E-state index in [1.54, 1.807) is 7.11 Å². The minimum Gasteiger partial charge on any atom is -0.496 e. The summed E-state index contributed by atoms with van der Waals surface area (Å²) in [6, 6.07) is 9.88. The molecule has 2 nitrogen and oxygen atoms in total. The molecule has 0 saturated heterocycles. The predicted molar refractivity (Wildman–Crippen MR) is 92.3 cm³/mol. The maximum Gasteiger partial charge on any atom is 0.122 e. The first-order valence-corrected chi connectivity index (χ1v) is 7.84. The Bertz CT molecular complexity index is 683. The Labute approximate surface area is 139 Å². The molecule has 4 heteroatoms. The largest absolute Gasteiger partial charge is 0.496 e. The van der Waals surface area contributed by atoms with Crippen molar-refractivity contribution < 1.29 is 4.74 Å². The third kappa shape index (κ3) is 3.10. The molecule has 0 saturated carbocycles. The normalized spacial score (nSPS) is 13.9. The molecular weight excluding hydrogens is 350 g/mol. The van der Waals surface area contributed by atoms with Crippen LogP contribution in [0.3, 0.4) is 0 Å². The van der Waals surface area contributed by atoms with Crippen LogP contribution in [-0.2, 0) is 5.54 Å². The molecule has 2 aromatic carbocycles. The molecule has 2 aromatic rings. The van der Waals surface area contributed by atoms with Crippen LogP contribution in [-0.4, -0.2) is 7.11 Å². The number of benzene rings is 2. The summed E-state index contributed by atoms with van der Waals surface area (Å²) in [5, 5.41) is 0.655. The lowest BCUT2D eigenvalue weighted by atomic mass is 9.82. The standard InChI is InChI=1S/C17H19BrClNO/c1-10-8-16(21-4)11(2)7-14(10)17(3,20)13-6-5-12(18)9-15(13)19/h5-9H,20H2,1-4H3. The summed E-state index contributed by atoms with van der Waals surface area (Å²) in [6.45, 7) is 6.03. The van der Waals surface area contributed by atoms with Crippen molar-refractivity contribution >= 4 is 27.5 Å². The molecular formula is C17H19BrClNO. The van der Waals surface area contributed by atoms with Crippen molar-refractivity contribution in [2.75, 3.05) is 7.11 Å². The van der Waals surface area contributed by atoms with Gasteiger partial charge in [-0.3, -0.25) is 0 Å². The highest BCUT2D eigenvalue weighted by molar-refractivity contribution is 9.10. The first-order valence-electron chi connectivity index (χ1n) is 6.67. The molecule has 1 atom stereocenters. The fourth-order valence-electron chi connectivity index (χ4n) is 2.62. The van der Waals surface area contributed by atoms with E-state index in [4.69, 9.17) is 22.1 Å². The quantitative estimate of drug-likeness (QED) is 0.832. The van der Waals surface area contributed by atoms with Gasteiger partial charge >= 0.3 is 0 Å². The third-order valence-electron chi connectivity index (χ3n) is 3.79. The highest BCUT2D eigenvalue weighted by atomic mass is 79.9. The summed E-state index contributed by atoms with van der Waals surface area (Å²) in [5.41, 5.74) is 10.1. The molecule has 0 spiro atoms. The minimum absolute atomic E-state index is 0.655. The van der Waals surface area contributed by atoms with Crippen LogP contribution < -0.4 is 10.5 Å². The zero-order valence-corrected chi connectivity index (χ0v) is 15.0. The Morgan fingerprint density at radius 1 is 1.10 bits per heavy atom. The number of aryl methyl sites for hydroxylation is 2. The van der Waals surface area contributed by atoms with Crippen molar-refractivity contribution in [2.24, 2.45) is 5.73 Å². The molecule has 0 heterocycles. The fourth-order valence-corrected chi connectivity index (χ4v) is 3.49. The van der Waals surface area contributed by atoms with E-state index >= 15 is 0 Å². The van der Waals surface area contributed by atoms with E-state index in [9.17, 15) is 0 Å². The molecule has 0 aromatic heterocycles. The van der Waals surface area contributed by atoms with Crippen LogP contribution in [0.4, 0.5) is 0 Å². The smallest absolute Gasteiger partial charge is 0.122 e. The SMILES string of the molecule is COc1cc(C)c(C(C)(N)c2ccc(Br)cc2Cl)cc1C. The van der Waals surface area contributed by atoms with Crippen LogP contribution in [0.15, 0.2) is 34.8 Å². The molecule has 0 aliphatic heterocycles. The topological polar surface area (TPSA) is 35.2 Å². The first kappa shape index (κ1) is 16.3. The minimum atomic E-state index is -0.668. The monoisotopic (exact) mass is 367 g/mol. The van der Waals surface area contributed by atoms with Gasteiger partial charge in [-0.1, -0.05) is 33.6 Å². The molecule has 0 amide bonds. The second-order valence-electron chi connectivity index (χ2n) is 5.46. The van der Waals surface area contributed by atoms with Crippen molar-refractivity contribution in [3.63, 3.8) is 0 Å². The second-order valence-corrected chi connectivity index (χ2v) is 6.79. The highest BCUT2D eigenvalue weighted by Gasteiger charge is 2.28. The number of nitrogens with two attached hydrogens (primary N) is 1. The zero-order valence-electron chi connectivity index (χ0n) is 12.6. The summed E-state index contributed by atoms with van der Waals surface area (Å²) in [4.78, 5) is 0. The van der Waals surface area contributed by atoms with Gasteiger partial charge in [-0.2, -0.15) is 0 Å². The Kier molecular flexibility index (Phi) is 4.66. The van der Waals surface area contributed by atoms with Gasteiger partial charge in [0.1, 0.15) is 5.75 Å². The van der Waals surface area contributed by atoms with Gasteiger partial charge in [0.2, 0.25) is 0 Å². The van der Waals surface area contributed by atoms with Crippen LogP contribution >= 0.6 is 27.5 Å². The molecule has 21 heavy (non-hydrogen) atoms. The van der Waals surface area contributed by atoms with Crippen molar-refractivity contribution in [3.05, 3.63) is 62.1 Å². The number of hydrogen-bond acceptors (Lipinski definition) is 2. The summed E-state index contributed by atoms with van der Waals surface area (Å²) in [6.07, 6.45) is 0. The first-order chi connectivity index (χ1) is 9.77. The van der Waals surface area contributed by atoms with E-state index in [0.717, 1.165) is 32.5 Å². The van der Waals surface area contributed by atoms with Gasteiger partial charge < -0.3 is 10.5 Å². The summed E-state index contributed by atoms with van der Waals surface area (Å²) in [7, 11) is 1.68. The van der Waals surface area contributed by atoms with Crippen LogP contribution in [0.5, 0.6) is 5.75 Å². The number of ether oxygens (including phenoxy) is 1. The van der Waals surface area contributed by atoms with E-state index in [1.165, 1.54) is 0 Å². The third-order valence-corrected chi connectivity index (χ3v) is 4.60. The van der Waals surface area contributed by atoms with Crippen LogP contribution in [0, 0.1) is 13.8 Å². The molecule has 2 N–H and O–H groups in total. The molecule has 1 unspecified atom stereocenters. The molecule has 0 aliphatic carbocycles. The van der Waals surface area contributed by atoms with Gasteiger partial charge in [-0.15, -0.1) is 0 Å². The molecule has 0 aliphatic rings. The predicted octanol–water partition coefficient (Wildman–Crippen LogP) is 4.95. The van der Waals surface area contributed by atoms with Crippen LogP contribution in [0.1, 0.15) is 29.2 Å². The Hall–Kier alpha value is -1.03. The van der Waals surface area contributed by atoms with Gasteiger partial charge in [-0.05, 0) is 67.3 Å². The molecule has 0 radical (unpaired) electrons. The lowest BCUT2D eigenvalue weighted by molar-refractivity contribution is 0.410. The summed E-state index contributed by atoms with van der Waals surface area (Å²) >= 11 is 9.80. The molecule has 112 valence electrons. The number of rotatable bonds is 3. The molecule has 0 fully saturated rings. The highest BCUT2D eigenvalue weighted by Crippen LogP contribution is 2.37. The van der Waals surface area contributed by atoms with Crippen molar-refractivity contribution in [1.82, 2.24) is 0 Å². The average Bonchev–Trinajstić information content (AvgIpc) is 2.40. The lowest BCUT2D eigenvalue weighted by Gasteiger charge is -2.29. The van der Waals surface area contributed by atoms with Gasteiger partial charge in [0.15, 0.2) is 0 Å². The van der Waals surface area contributed by atoms with E-state index < -0.39 is 5.54 Å². The van der Waals surface area contributed by atoms with E-state index in [-0.39, 0.29) is 0 Å². The Morgan fingerprint density at radius 2 is 1.76 bits per heavy atom. The van der Waals surface area contributed by atoms with Crippen molar-refractivity contribution in [1.29, 1.82) is 0 Å². The Morgan fingerprint density at radius 3 is 2.33 bits per heavy atom. The maximum absolute atomic E-state index is 6.63. The average molecular weight is 369 g/mol. The van der Waals surface area contributed by atoms with E-state index in [2.05, 4.69) is 22.0 Å². The van der Waals surface area contributed by atoms with Gasteiger partial charge in [0.25, 0.3) is 0 Å².